The summed E-state index contributed by atoms with van der Waals surface area (Å²) in [6, 6.07) is 0. The highest BCUT2D eigenvalue weighted by atomic mass is 16.5. The standard InChI is InChI=1S/C16H28N2O2/c1-5-16(2,3)12-6-7-15-13(10-12)14(18-20-15)11-17-8-9-19-4/h12,17H,5-11H2,1-4H3. The topological polar surface area (TPSA) is 47.3 Å². The van der Waals surface area contributed by atoms with E-state index in [0.717, 1.165) is 49.9 Å². The highest BCUT2D eigenvalue weighted by Crippen LogP contribution is 2.40. The fraction of sp³-hybridized carbons (Fsp3) is 0.812. The van der Waals surface area contributed by atoms with E-state index in [0.29, 0.717) is 5.41 Å². The number of fused-ring (bicyclic) bond motifs is 1. The zero-order valence-corrected chi connectivity index (χ0v) is 13.3. The number of nitrogens with zero attached hydrogens (tertiary/aromatic N) is 1. The molecule has 0 radical (unpaired) electrons. The van der Waals surface area contributed by atoms with Crippen LogP contribution in [-0.2, 0) is 24.1 Å². The van der Waals surface area contributed by atoms with Crippen LogP contribution in [0.1, 0.15) is 50.6 Å². The molecule has 0 fully saturated rings. The second kappa shape index (κ2) is 6.72. The van der Waals surface area contributed by atoms with E-state index in [2.05, 4.69) is 31.2 Å². The molecule has 0 bridgehead atoms. The van der Waals surface area contributed by atoms with E-state index in [1.54, 1.807) is 7.11 Å². The Hall–Kier alpha value is -0.870. The Morgan fingerprint density at radius 3 is 2.95 bits per heavy atom. The van der Waals surface area contributed by atoms with Crippen LogP contribution in [0.3, 0.4) is 0 Å². The summed E-state index contributed by atoms with van der Waals surface area (Å²) in [4.78, 5) is 0. The number of rotatable bonds is 7. The molecule has 1 aliphatic carbocycles. The molecule has 20 heavy (non-hydrogen) atoms. The summed E-state index contributed by atoms with van der Waals surface area (Å²) in [5, 5.41) is 7.62. The van der Waals surface area contributed by atoms with Crippen molar-refractivity contribution >= 4 is 0 Å². The van der Waals surface area contributed by atoms with Gasteiger partial charge in [0.1, 0.15) is 11.5 Å². The molecule has 0 amide bonds. The van der Waals surface area contributed by atoms with E-state index < -0.39 is 0 Å². The van der Waals surface area contributed by atoms with E-state index in [1.165, 1.54) is 18.4 Å². The minimum atomic E-state index is 0.399. The SMILES string of the molecule is CCC(C)(C)C1CCc2onc(CNCCOC)c2C1. The molecule has 2 rings (SSSR count). The van der Waals surface area contributed by atoms with Gasteiger partial charge in [-0.2, -0.15) is 0 Å². The highest BCUT2D eigenvalue weighted by molar-refractivity contribution is 5.26. The van der Waals surface area contributed by atoms with Crippen LogP contribution in [0.4, 0.5) is 0 Å². The first kappa shape index (κ1) is 15.5. The van der Waals surface area contributed by atoms with Crippen molar-refractivity contribution < 1.29 is 9.26 Å². The van der Waals surface area contributed by atoms with Crippen LogP contribution >= 0.6 is 0 Å². The van der Waals surface area contributed by atoms with Gasteiger partial charge in [-0.05, 0) is 24.2 Å². The monoisotopic (exact) mass is 280 g/mol. The fourth-order valence-corrected chi connectivity index (χ4v) is 2.94. The first-order chi connectivity index (χ1) is 9.58. The molecular weight excluding hydrogens is 252 g/mol. The fourth-order valence-electron chi connectivity index (χ4n) is 2.94. The molecule has 4 nitrogen and oxygen atoms in total. The predicted octanol–water partition coefficient (Wildman–Crippen LogP) is 2.95. The van der Waals surface area contributed by atoms with Crippen LogP contribution in [0.2, 0.25) is 0 Å². The summed E-state index contributed by atoms with van der Waals surface area (Å²) in [6.45, 7) is 9.41. The Morgan fingerprint density at radius 1 is 1.45 bits per heavy atom. The lowest BCUT2D eigenvalue weighted by Gasteiger charge is -2.35. The molecule has 0 aromatic carbocycles. The van der Waals surface area contributed by atoms with E-state index in [1.807, 2.05) is 0 Å². The van der Waals surface area contributed by atoms with Gasteiger partial charge < -0.3 is 14.6 Å². The summed E-state index contributed by atoms with van der Waals surface area (Å²) < 4.78 is 10.6. The lowest BCUT2D eigenvalue weighted by Crippen LogP contribution is -2.29. The summed E-state index contributed by atoms with van der Waals surface area (Å²) in [7, 11) is 1.72. The average Bonchev–Trinajstić information content (AvgIpc) is 2.86. The van der Waals surface area contributed by atoms with Crippen LogP contribution < -0.4 is 5.32 Å². The molecule has 114 valence electrons. The molecule has 1 heterocycles. The summed E-state index contributed by atoms with van der Waals surface area (Å²) in [5.74, 6) is 1.84. The van der Waals surface area contributed by atoms with Crippen molar-refractivity contribution in [1.29, 1.82) is 0 Å². The summed E-state index contributed by atoms with van der Waals surface area (Å²) in [6.07, 6.45) is 4.59. The van der Waals surface area contributed by atoms with Crippen molar-refractivity contribution in [3.8, 4) is 0 Å². The molecule has 1 aliphatic rings. The molecule has 0 saturated heterocycles. The molecule has 0 spiro atoms. The van der Waals surface area contributed by atoms with Gasteiger partial charge in [0.25, 0.3) is 0 Å². The van der Waals surface area contributed by atoms with Gasteiger partial charge in [-0.25, -0.2) is 0 Å². The highest BCUT2D eigenvalue weighted by Gasteiger charge is 2.34. The maximum Gasteiger partial charge on any atom is 0.140 e. The number of ether oxygens (including phenoxy) is 1. The molecule has 4 heteroatoms. The van der Waals surface area contributed by atoms with Gasteiger partial charge in [-0.1, -0.05) is 32.3 Å². The van der Waals surface area contributed by atoms with Crippen LogP contribution in [0.25, 0.3) is 0 Å². The maximum absolute atomic E-state index is 5.52. The molecule has 1 aromatic heterocycles. The smallest absolute Gasteiger partial charge is 0.140 e. The van der Waals surface area contributed by atoms with Crippen molar-refractivity contribution in [2.24, 2.45) is 11.3 Å². The van der Waals surface area contributed by atoms with Crippen LogP contribution in [0.5, 0.6) is 0 Å². The third kappa shape index (κ3) is 3.41. The Labute approximate surface area is 122 Å². The lowest BCUT2D eigenvalue weighted by molar-refractivity contribution is 0.176. The Morgan fingerprint density at radius 2 is 2.25 bits per heavy atom. The Bertz CT molecular complexity index is 426. The molecule has 1 aromatic rings. The van der Waals surface area contributed by atoms with Gasteiger partial charge in [-0.3, -0.25) is 0 Å². The van der Waals surface area contributed by atoms with Gasteiger partial charge in [-0.15, -0.1) is 0 Å². The minimum absolute atomic E-state index is 0.399. The molecule has 1 unspecified atom stereocenters. The zero-order valence-electron chi connectivity index (χ0n) is 13.3. The predicted molar refractivity (Wildman–Crippen MR) is 79.7 cm³/mol. The van der Waals surface area contributed by atoms with Crippen LogP contribution in [0, 0.1) is 11.3 Å². The van der Waals surface area contributed by atoms with Crippen LogP contribution in [0.15, 0.2) is 4.52 Å². The number of nitrogens with one attached hydrogen (secondary N) is 1. The van der Waals surface area contributed by atoms with E-state index in [9.17, 15) is 0 Å². The number of hydrogen-bond acceptors (Lipinski definition) is 4. The van der Waals surface area contributed by atoms with E-state index >= 15 is 0 Å². The quantitative estimate of drug-likeness (QED) is 0.780. The molecule has 0 saturated carbocycles. The molecule has 1 atom stereocenters. The number of aryl methyl sites for hydroxylation is 1. The van der Waals surface area contributed by atoms with Gasteiger partial charge >= 0.3 is 0 Å². The Balaban J connectivity index is 2.00. The summed E-state index contributed by atoms with van der Waals surface area (Å²) >= 11 is 0. The minimum Gasteiger partial charge on any atom is -0.383 e. The number of methoxy groups -OCH3 is 1. The second-order valence-corrected chi connectivity index (χ2v) is 6.48. The first-order valence-electron chi connectivity index (χ1n) is 7.74. The third-order valence-electron chi connectivity index (χ3n) is 4.91. The third-order valence-corrected chi connectivity index (χ3v) is 4.91. The summed E-state index contributed by atoms with van der Waals surface area (Å²) in [5.41, 5.74) is 2.84. The molecular formula is C16H28N2O2. The van der Waals surface area contributed by atoms with Crippen molar-refractivity contribution in [3.05, 3.63) is 17.0 Å². The number of hydrogen-bond donors (Lipinski definition) is 1. The van der Waals surface area contributed by atoms with Crippen molar-refractivity contribution in [3.63, 3.8) is 0 Å². The van der Waals surface area contributed by atoms with E-state index in [4.69, 9.17) is 9.26 Å². The maximum atomic E-state index is 5.52. The largest absolute Gasteiger partial charge is 0.383 e. The van der Waals surface area contributed by atoms with Crippen molar-refractivity contribution in [2.45, 2.75) is 53.0 Å². The Kier molecular flexibility index (Phi) is 5.22. The zero-order chi connectivity index (χ0) is 14.6. The molecule has 0 aliphatic heterocycles. The second-order valence-electron chi connectivity index (χ2n) is 6.48. The lowest BCUT2D eigenvalue weighted by atomic mass is 9.69. The molecule has 1 N–H and O–H groups in total. The van der Waals surface area contributed by atoms with Crippen molar-refractivity contribution in [2.75, 3.05) is 20.3 Å². The van der Waals surface area contributed by atoms with E-state index in [-0.39, 0.29) is 0 Å². The number of aromatic nitrogens is 1. The van der Waals surface area contributed by atoms with Gasteiger partial charge in [0.2, 0.25) is 0 Å². The first-order valence-corrected chi connectivity index (χ1v) is 7.74. The van der Waals surface area contributed by atoms with Crippen LogP contribution in [-0.4, -0.2) is 25.4 Å². The van der Waals surface area contributed by atoms with Gasteiger partial charge in [0.05, 0.1) is 6.61 Å². The normalized spacial score (nSPS) is 19.1. The van der Waals surface area contributed by atoms with Gasteiger partial charge in [0.15, 0.2) is 0 Å². The average molecular weight is 280 g/mol. The van der Waals surface area contributed by atoms with Crippen molar-refractivity contribution in [1.82, 2.24) is 10.5 Å². The van der Waals surface area contributed by atoms with Gasteiger partial charge in [0, 0.05) is 32.2 Å².